The average molecular weight is 512 g/mol. The molecule has 2 N–H and O–H groups in total. The third kappa shape index (κ3) is 4.01. The van der Waals surface area contributed by atoms with Gasteiger partial charge in [-0.05, 0) is 61.9 Å². The van der Waals surface area contributed by atoms with Gasteiger partial charge in [-0.3, -0.25) is 15.1 Å². The van der Waals surface area contributed by atoms with Gasteiger partial charge in [0.15, 0.2) is 11.5 Å². The van der Waals surface area contributed by atoms with Gasteiger partial charge in [-0.2, -0.15) is 15.3 Å². The van der Waals surface area contributed by atoms with E-state index in [-0.39, 0.29) is 18.0 Å². The van der Waals surface area contributed by atoms with Crippen LogP contribution < -0.4 is 0 Å². The molecule has 5 heterocycles. The molecule has 190 valence electrons. The SMILES string of the molecule is Fc1cccc(F)c1CN1CCC[C@@H](c2nc(-c3ccc4[nH]nc(-c5ccc6ncnn6c5)c4c3)n[nH]2)C1. The number of hydrogen-bond acceptors (Lipinski definition) is 6. The van der Waals surface area contributed by atoms with E-state index in [4.69, 9.17) is 4.98 Å². The molecular formula is C27H23F2N9. The number of pyridine rings is 1. The highest BCUT2D eigenvalue weighted by atomic mass is 19.1. The molecule has 0 spiro atoms. The van der Waals surface area contributed by atoms with E-state index in [9.17, 15) is 8.78 Å². The Morgan fingerprint density at radius 1 is 0.974 bits per heavy atom. The molecular weight excluding hydrogens is 488 g/mol. The van der Waals surface area contributed by atoms with Crippen molar-refractivity contribution >= 4 is 16.6 Å². The summed E-state index contributed by atoms with van der Waals surface area (Å²) in [6.45, 7) is 1.67. The maximum Gasteiger partial charge on any atom is 0.181 e. The molecule has 0 radical (unpaired) electrons. The van der Waals surface area contributed by atoms with Crippen LogP contribution in [0.4, 0.5) is 8.78 Å². The van der Waals surface area contributed by atoms with Crippen molar-refractivity contribution in [1.29, 1.82) is 0 Å². The first-order chi connectivity index (χ1) is 18.6. The summed E-state index contributed by atoms with van der Waals surface area (Å²) in [4.78, 5) is 11.1. The summed E-state index contributed by atoms with van der Waals surface area (Å²) in [5, 5.41) is 20.4. The smallest absolute Gasteiger partial charge is 0.181 e. The first-order valence-electron chi connectivity index (χ1n) is 12.5. The number of piperidine rings is 1. The zero-order valence-corrected chi connectivity index (χ0v) is 20.3. The lowest BCUT2D eigenvalue weighted by atomic mass is 9.97. The van der Waals surface area contributed by atoms with Crippen LogP contribution in [0, 0.1) is 11.6 Å². The van der Waals surface area contributed by atoms with Crippen LogP contribution >= 0.6 is 0 Å². The molecule has 0 saturated carbocycles. The second-order valence-corrected chi connectivity index (χ2v) is 9.63. The highest BCUT2D eigenvalue weighted by Crippen LogP contribution is 2.31. The van der Waals surface area contributed by atoms with Crippen molar-refractivity contribution in [2.75, 3.05) is 13.1 Å². The molecule has 4 aromatic heterocycles. The average Bonchev–Trinajstić information content (AvgIpc) is 3.70. The molecule has 0 aliphatic carbocycles. The molecule has 1 aliphatic heterocycles. The van der Waals surface area contributed by atoms with Gasteiger partial charge < -0.3 is 0 Å². The van der Waals surface area contributed by atoms with Crippen LogP contribution in [0.1, 0.15) is 30.1 Å². The largest absolute Gasteiger partial charge is 0.298 e. The van der Waals surface area contributed by atoms with Crippen molar-refractivity contribution in [3.05, 3.63) is 84.1 Å². The molecule has 11 heteroatoms. The maximum absolute atomic E-state index is 14.2. The van der Waals surface area contributed by atoms with E-state index >= 15 is 0 Å². The fraction of sp³-hybridized carbons (Fsp3) is 0.222. The molecule has 1 aliphatic rings. The van der Waals surface area contributed by atoms with Crippen LogP contribution in [0.2, 0.25) is 0 Å². The fourth-order valence-electron chi connectivity index (χ4n) is 5.25. The van der Waals surface area contributed by atoms with Crippen LogP contribution in [0.5, 0.6) is 0 Å². The lowest BCUT2D eigenvalue weighted by molar-refractivity contribution is 0.192. The zero-order valence-electron chi connectivity index (χ0n) is 20.3. The minimum absolute atomic E-state index is 0.0995. The summed E-state index contributed by atoms with van der Waals surface area (Å²) >= 11 is 0. The van der Waals surface area contributed by atoms with E-state index in [1.807, 2.05) is 36.5 Å². The normalized spacial score (nSPS) is 16.5. The Morgan fingerprint density at radius 2 is 1.84 bits per heavy atom. The van der Waals surface area contributed by atoms with Crippen LogP contribution in [-0.4, -0.2) is 58.0 Å². The van der Waals surface area contributed by atoms with Crippen molar-refractivity contribution in [3.63, 3.8) is 0 Å². The molecule has 0 bridgehead atoms. The summed E-state index contributed by atoms with van der Waals surface area (Å²) in [6.07, 6.45) is 5.26. The molecule has 0 amide bonds. The number of aromatic amines is 2. The summed E-state index contributed by atoms with van der Waals surface area (Å²) in [5.41, 5.74) is 4.36. The topological polar surface area (TPSA) is 104 Å². The Labute approximate surface area is 215 Å². The van der Waals surface area contributed by atoms with E-state index < -0.39 is 11.6 Å². The first-order valence-corrected chi connectivity index (χ1v) is 12.5. The summed E-state index contributed by atoms with van der Waals surface area (Å²) in [5.74, 6) is 0.456. The Morgan fingerprint density at radius 3 is 2.74 bits per heavy atom. The fourth-order valence-corrected chi connectivity index (χ4v) is 5.25. The number of nitrogens with one attached hydrogen (secondary N) is 2. The second kappa shape index (κ2) is 9.10. The molecule has 6 aromatic rings. The highest BCUT2D eigenvalue weighted by molar-refractivity contribution is 5.95. The Hall–Kier alpha value is -4.51. The van der Waals surface area contributed by atoms with Crippen molar-refractivity contribution < 1.29 is 8.78 Å². The van der Waals surface area contributed by atoms with Crippen LogP contribution in [0.3, 0.4) is 0 Å². The quantitative estimate of drug-likeness (QED) is 0.347. The number of hydrogen-bond donors (Lipinski definition) is 2. The molecule has 2 aromatic carbocycles. The Balaban J connectivity index is 1.14. The van der Waals surface area contributed by atoms with E-state index in [0.717, 1.165) is 58.6 Å². The van der Waals surface area contributed by atoms with Gasteiger partial charge in [0.05, 0.1) is 5.52 Å². The van der Waals surface area contributed by atoms with Gasteiger partial charge >= 0.3 is 0 Å². The number of likely N-dealkylation sites (tertiary alicyclic amines) is 1. The van der Waals surface area contributed by atoms with Gasteiger partial charge in [0.1, 0.15) is 29.5 Å². The predicted molar refractivity (Wildman–Crippen MR) is 137 cm³/mol. The molecule has 1 atom stereocenters. The number of fused-ring (bicyclic) bond motifs is 2. The van der Waals surface area contributed by atoms with Crippen LogP contribution in [0.25, 0.3) is 39.2 Å². The van der Waals surface area contributed by atoms with Crippen molar-refractivity contribution in [2.24, 2.45) is 0 Å². The summed E-state index contributed by atoms with van der Waals surface area (Å²) < 4.78 is 30.1. The Bertz CT molecular complexity index is 1750. The van der Waals surface area contributed by atoms with Crippen LogP contribution in [-0.2, 0) is 6.54 Å². The predicted octanol–water partition coefficient (Wildman–Crippen LogP) is 4.72. The lowest BCUT2D eigenvalue weighted by Gasteiger charge is -2.31. The van der Waals surface area contributed by atoms with Gasteiger partial charge in [-0.25, -0.2) is 23.3 Å². The molecule has 1 saturated heterocycles. The first kappa shape index (κ1) is 22.7. The van der Waals surface area contributed by atoms with Gasteiger partial charge in [0.25, 0.3) is 0 Å². The minimum atomic E-state index is -0.510. The number of benzene rings is 2. The number of aromatic nitrogens is 8. The maximum atomic E-state index is 14.2. The van der Waals surface area contributed by atoms with E-state index in [1.54, 1.807) is 4.52 Å². The Kier molecular flexibility index (Phi) is 5.43. The van der Waals surface area contributed by atoms with Crippen molar-refractivity contribution in [3.8, 4) is 22.6 Å². The molecule has 9 nitrogen and oxygen atoms in total. The number of nitrogens with zero attached hydrogens (tertiary/aromatic N) is 7. The number of H-pyrrole nitrogens is 2. The molecule has 7 rings (SSSR count). The molecule has 1 fully saturated rings. The highest BCUT2D eigenvalue weighted by Gasteiger charge is 2.26. The van der Waals surface area contributed by atoms with Gasteiger partial charge in [-0.15, -0.1) is 0 Å². The molecule has 0 unspecified atom stereocenters. The molecule has 38 heavy (non-hydrogen) atoms. The van der Waals surface area contributed by atoms with Gasteiger partial charge in [0.2, 0.25) is 0 Å². The second-order valence-electron chi connectivity index (χ2n) is 9.63. The van der Waals surface area contributed by atoms with E-state index in [2.05, 4.69) is 35.4 Å². The summed E-state index contributed by atoms with van der Waals surface area (Å²) in [7, 11) is 0. The standard InChI is InChI=1S/C27H23F2N9/c28-21-4-1-5-22(29)20(21)14-37-10-2-3-18(12-37)27-32-26(35-36-27)16-6-8-23-19(11-16)25(34-33-23)17-7-9-24-30-15-31-38(24)13-17/h1,4-9,11,13,15,18H,2-3,10,12,14H2,(H,33,34)(H,32,35,36)/t18-/m1/s1. The van der Waals surface area contributed by atoms with E-state index in [0.29, 0.717) is 12.4 Å². The van der Waals surface area contributed by atoms with Crippen molar-refractivity contribution in [2.45, 2.75) is 25.3 Å². The third-order valence-electron chi connectivity index (χ3n) is 7.21. The lowest BCUT2D eigenvalue weighted by Crippen LogP contribution is -2.34. The number of halogens is 2. The number of rotatable bonds is 5. The van der Waals surface area contributed by atoms with Crippen molar-refractivity contribution in [1.82, 2.24) is 44.9 Å². The van der Waals surface area contributed by atoms with E-state index in [1.165, 1.54) is 24.5 Å². The monoisotopic (exact) mass is 511 g/mol. The third-order valence-corrected chi connectivity index (χ3v) is 7.21. The van der Waals surface area contributed by atoms with Gasteiger partial charge in [0, 0.05) is 47.3 Å². The van der Waals surface area contributed by atoms with Crippen LogP contribution in [0.15, 0.2) is 61.1 Å². The van der Waals surface area contributed by atoms with Gasteiger partial charge in [-0.1, -0.05) is 6.07 Å². The zero-order chi connectivity index (χ0) is 25.6. The minimum Gasteiger partial charge on any atom is -0.298 e. The summed E-state index contributed by atoms with van der Waals surface area (Å²) in [6, 6.07) is 13.8.